The Morgan fingerprint density at radius 2 is 2.12 bits per heavy atom. The van der Waals surface area contributed by atoms with E-state index in [1.54, 1.807) is 24.3 Å². The molecule has 124 valence electrons. The molecular formula is C18H21N5O. The summed E-state index contributed by atoms with van der Waals surface area (Å²) >= 11 is 0. The number of hydrogen-bond donors (Lipinski definition) is 0. The van der Waals surface area contributed by atoms with Crippen LogP contribution in [0.2, 0.25) is 0 Å². The topological polar surface area (TPSA) is 63.9 Å². The minimum Gasteiger partial charge on any atom is -0.336 e. The smallest absolute Gasteiger partial charge is 0.254 e. The molecule has 0 fully saturated rings. The summed E-state index contributed by atoms with van der Waals surface area (Å²) < 4.78 is 1.85. The predicted molar refractivity (Wildman–Crippen MR) is 92.7 cm³/mol. The summed E-state index contributed by atoms with van der Waals surface area (Å²) in [5.74, 6) is -0.0561. The summed E-state index contributed by atoms with van der Waals surface area (Å²) in [6.07, 6.45) is 3.46. The van der Waals surface area contributed by atoms with Crippen LogP contribution in [0.5, 0.6) is 0 Å². The first kappa shape index (κ1) is 16.1. The molecule has 0 saturated heterocycles. The number of carbonyl (C=O) groups is 1. The lowest BCUT2D eigenvalue weighted by Crippen LogP contribution is -2.27. The molecule has 0 aromatic carbocycles. The van der Waals surface area contributed by atoms with Crippen LogP contribution in [0.15, 0.2) is 36.7 Å². The molecule has 1 amide bonds. The second-order valence-corrected chi connectivity index (χ2v) is 6.21. The largest absolute Gasteiger partial charge is 0.336 e. The SMILES string of the molecule is Cc1cc(C(=O)N(C)Cc2ccccn2)c2cnn(C(C)C)c2n1. The maximum atomic E-state index is 12.9. The standard InChI is InChI=1S/C18H21N5O/c1-12(2)23-17-16(10-20-23)15(9-13(3)21-17)18(24)22(4)11-14-7-5-6-8-19-14/h5-10,12H,11H2,1-4H3. The van der Waals surface area contributed by atoms with Gasteiger partial charge in [-0.05, 0) is 39.0 Å². The highest BCUT2D eigenvalue weighted by atomic mass is 16.2. The Hall–Kier alpha value is -2.76. The van der Waals surface area contributed by atoms with Crippen LogP contribution >= 0.6 is 0 Å². The summed E-state index contributed by atoms with van der Waals surface area (Å²) in [6.45, 7) is 6.45. The van der Waals surface area contributed by atoms with E-state index < -0.39 is 0 Å². The van der Waals surface area contributed by atoms with Gasteiger partial charge in [-0.25, -0.2) is 9.67 Å². The summed E-state index contributed by atoms with van der Waals surface area (Å²) in [6, 6.07) is 7.70. The molecule has 24 heavy (non-hydrogen) atoms. The number of hydrogen-bond acceptors (Lipinski definition) is 4. The van der Waals surface area contributed by atoms with Crippen molar-refractivity contribution in [3.8, 4) is 0 Å². The first-order valence-electron chi connectivity index (χ1n) is 7.97. The average Bonchev–Trinajstić information content (AvgIpc) is 2.98. The van der Waals surface area contributed by atoms with Crippen LogP contribution < -0.4 is 0 Å². The fourth-order valence-corrected chi connectivity index (χ4v) is 2.71. The Morgan fingerprint density at radius 3 is 2.79 bits per heavy atom. The maximum absolute atomic E-state index is 12.9. The number of aromatic nitrogens is 4. The van der Waals surface area contributed by atoms with E-state index in [2.05, 4.69) is 15.1 Å². The normalized spacial score (nSPS) is 11.2. The Labute approximate surface area is 141 Å². The van der Waals surface area contributed by atoms with Gasteiger partial charge in [-0.2, -0.15) is 5.10 Å². The minimum atomic E-state index is -0.0561. The van der Waals surface area contributed by atoms with Crippen molar-refractivity contribution in [2.45, 2.75) is 33.4 Å². The van der Waals surface area contributed by atoms with E-state index in [0.29, 0.717) is 12.1 Å². The summed E-state index contributed by atoms with van der Waals surface area (Å²) in [7, 11) is 1.78. The highest BCUT2D eigenvalue weighted by molar-refractivity contribution is 6.05. The van der Waals surface area contributed by atoms with Gasteiger partial charge in [0.15, 0.2) is 5.65 Å². The summed E-state index contributed by atoms with van der Waals surface area (Å²) in [5, 5.41) is 5.18. The monoisotopic (exact) mass is 323 g/mol. The Morgan fingerprint density at radius 1 is 1.33 bits per heavy atom. The lowest BCUT2D eigenvalue weighted by Gasteiger charge is -2.17. The lowest BCUT2D eigenvalue weighted by atomic mass is 10.1. The fourth-order valence-electron chi connectivity index (χ4n) is 2.71. The Kier molecular flexibility index (Phi) is 4.29. The first-order chi connectivity index (χ1) is 11.5. The molecule has 3 rings (SSSR count). The van der Waals surface area contributed by atoms with Crippen molar-refractivity contribution < 1.29 is 4.79 Å². The number of fused-ring (bicyclic) bond motifs is 1. The van der Waals surface area contributed by atoms with E-state index in [-0.39, 0.29) is 11.9 Å². The molecule has 0 aliphatic heterocycles. The van der Waals surface area contributed by atoms with Crippen LogP contribution in [0.1, 0.15) is 41.6 Å². The molecule has 0 aliphatic rings. The predicted octanol–water partition coefficient (Wildman–Crippen LogP) is 2.99. The van der Waals surface area contributed by atoms with E-state index in [9.17, 15) is 4.79 Å². The zero-order chi connectivity index (χ0) is 17.3. The number of amides is 1. The van der Waals surface area contributed by atoms with Crippen molar-refractivity contribution in [3.05, 3.63) is 53.6 Å². The fraction of sp³-hybridized carbons (Fsp3) is 0.333. The van der Waals surface area contributed by atoms with Gasteiger partial charge in [0.1, 0.15) is 0 Å². The second-order valence-electron chi connectivity index (χ2n) is 6.21. The molecule has 0 aliphatic carbocycles. The van der Waals surface area contributed by atoms with Gasteiger partial charge in [0, 0.05) is 25.0 Å². The van der Waals surface area contributed by atoms with E-state index in [0.717, 1.165) is 22.4 Å². The van der Waals surface area contributed by atoms with Gasteiger partial charge in [-0.15, -0.1) is 0 Å². The van der Waals surface area contributed by atoms with E-state index in [1.165, 1.54) is 0 Å². The van der Waals surface area contributed by atoms with Crippen LogP contribution in [0.3, 0.4) is 0 Å². The number of pyridine rings is 2. The molecule has 6 heteroatoms. The second kappa shape index (κ2) is 6.39. The molecule has 0 saturated carbocycles. The third-order valence-electron chi connectivity index (χ3n) is 3.89. The van der Waals surface area contributed by atoms with Crippen LogP contribution in [0.25, 0.3) is 11.0 Å². The summed E-state index contributed by atoms with van der Waals surface area (Å²) in [5.41, 5.74) is 3.04. The van der Waals surface area contributed by atoms with Gasteiger partial charge in [0.25, 0.3) is 5.91 Å². The van der Waals surface area contributed by atoms with Crippen molar-refractivity contribution >= 4 is 16.9 Å². The van der Waals surface area contributed by atoms with Gasteiger partial charge >= 0.3 is 0 Å². The van der Waals surface area contributed by atoms with Gasteiger partial charge in [0.05, 0.1) is 29.4 Å². The van der Waals surface area contributed by atoms with Crippen molar-refractivity contribution in [1.29, 1.82) is 0 Å². The number of carbonyl (C=O) groups excluding carboxylic acids is 1. The zero-order valence-corrected chi connectivity index (χ0v) is 14.4. The van der Waals surface area contributed by atoms with Crippen molar-refractivity contribution in [2.24, 2.45) is 0 Å². The quantitative estimate of drug-likeness (QED) is 0.740. The van der Waals surface area contributed by atoms with Crippen molar-refractivity contribution in [1.82, 2.24) is 24.6 Å². The average molecular weight is 323 g/mol. The third-order valence-corrected chi connectivity index (χ3v) is 3.89. The molecule has 0 atom stereocenters. The molecule has 0 unspecified atom stereocenters. The van der Waals surface area contributed by atoms with E-state index >= 15 is 0 Å². The van der Waals surface area contributed by atoms with Crippen LogP contribution in [0, 0.1) is 6.92 Å². The zero-order valence-electron chi connectivity index (χ0n) is 14.4. The van der Waals surface area contributed by atoms with Gasteiger partial charge in [0.2, 0.25) is 0 Å². The molecule has 0 bridgehead atoms. The Bertz CT molecular complexity index is 870. The van der Waals surface area contributed by atoms with Crippen molar-refractivity contribution in [2.75, 3.05) is 7.05 Å². The maximum Gasteiger partial charge on any atom is 0.254 e. The third kappa shape index (κ3) is 2.99. The lowest BCUT2D eigenvalue weighted by molar-refractivity contribution is 0.0785. The molecular weight excluding hydrogens is 302 g/mol. The molecule has 6 nitrogen and oxygen atoms in total. The van der Waals surface area contributed by atoms with Crippen LogP contribution in [-0.2, 0) is 6.54 Å². The van der Waals surface area contributed by atoms with E-state index in [4.69, 9.17) is 0 Å². The number of rotatable bonds is 4. The minimum absolute atomic E-state index is 0.0561. The highest BCUT2D eigenvalue weighted by Gasteiger charge is 2.19. The van der Waals surface area contributed by atoms with Crippen LogP contribution in [-0.4, -0.2) is 37.6 Å². The molecule has 0 radical (unpaired) electrons. The van der Waals surface area contributed by atoms with Gasteiger partial charge in [-0.3, -0.25) is 9.78 Å². The number of aryl methyl sites for hydroxylation is 1. The number of nitrogens with zero attached hydrogens (tertiary/aromatic N) is 5. The van der Waals surface area contributed by atoms with Gasteiger partial charge in [-0.1, -0.05) is 6.07 Å². The van der Waals surface area contributed by atoms with Crippen molar-refractivity contribution in [3.63, 3.8) is 0 Å². The Balaban J connectivity index is 1.97. The summed E-state index contributed by atoms with van der Waals surface area (Å²) in [4.78, 5) is 23.4. The first-order valence-corrected chi connectivity index (χ1v) is 7.97. The molecule has 0 N–H and O–H groups in total. The molecule has 3 heterocycles. The van der Waals surface area contributed by atoms with Gasteiger partial charge < -0.3 is 4.90 Å². The molecule has 3 aromatic heterocycles. The molecule has 0 spiro atoms. The molecule has 3 aromatic rings. The highest BCUT2D eigenvalue weighted by Crippen LogP contribution is 2.22. The van der Waals surface area contributed by atoms with E-state index in [1.807, 2.05) is 49.7 Å². The van der Waals surface area contributed by atoms with Crippen LogP contribution in [0.4, 0.5) is 0 Å².